The molecular weight excluding hydrogens is 291 g/mol. The lowest BCUT2D eigenvalue weighted by Crippen LogP contribution is -1.73. The van der Waals surface area contributed by atoms with E-state index in [0.717, 1.165) is 5.33 Å². The van der Waals surface area contributed by atoms with Crippen molar-refractivity contribution in [2.24, 2.45) is 0 Å². The summed E-state index contributed by atoms with van der Waals surface area (Å²) in [5, 5.41) is 5.40. The predicted molar refractivity (Wildman–Crippen MR) is 64.5 cm³/mol. The van der Waals surface area contributed by atoms with Gasteiger partial charge in [0.05, 0.1) is 10.0 Å². The molecule has 0 nitrogen and oxygen atoms in total. The van der Waals surface area contributed by atoms with E-state index in [1.165, 1.54) is 15.6 Å². The molecule has 4 heteroatoms. The van der Waals surface area contributed by atoms with Crippen LogP contribution in [0, 0.1) is 0 Å². The molecule has 2 rings (SSSR count). The molecule has 0 spiro atoms. The zero-order chi connectivity index (χ0) is 9.42. The van der Waals surface area contributed by atoms with Gasteiger partial charge >= 0.3 is 0 Å². The molecule has 0 N–H and O–H groups in total. The summed E-state index contributed by atoms with van der Waals surface area (Å²) < 4.78 is 1.18. The smallest absolute Gasteiger partial charge is 0.0606 e. The number of hydrogen-bond donors (Lipinski definition) is 0. The SMILES string of the molecule is Clc1cc2scc(CBr)c2cc1Cl. The first-order valence-electron chi connectivity index (χ1n) is 3.63. The Balaban J connectivity index is 2.77. The third kappa shape index (κ3) is 1.73. The summed E-state index contributed by atoms with van der Waals surface area (Å²) in [5.41, 5.74) is 1.26. The molecule has 0 saturated heterocycles. The van der Waals surface area contributed by atoms with Crippen molar-refractivity contribution in [3.05, 3.63) is 33.1 Å². The van der Waals surface area contributed by atoms with Gasteiger partial charge in [0.25, 0.3) is 0 Å². The van der Waals surface area contributed by atoms with E-state index < -0.39 is 0 Å². The van der Waals surface area contributed by atoms with Crippen molar-refractivity contribution < 1.29 is 0 Å². The average molecular weight is 296 g/mol. The number of rotatable bonds is 1. The molecule has 0 saturated carbocycles. The topological polar surface area (TPSA) is 0 Å². The van der Waals surface area contributed by atoms with Crippen molar-refractivity contribution in [3.8, 4) is 0 Å². The van der Waals surface area contributed by atoms with Gasteiger partial charge < -0.3 is 0 Å². The molecule has 0 atom stereocenters. The van der Waals surface area contributed by atoms with Gasteiger partial charge in [0.1, 0.15) is 0 Å². The van der Waals surface area contributed by atoms with Gasteiger partial charge in [0.2, 0.25) is 0 Å². The lowest BCUT2D eigenvalue weighted by molar-refractivity contribution is 1.55. The number of fused-ring (bicyclic) bond motifs is 1. The van der Waals surface area contributed by atoms with Gasteiger partial charge in [-0.2, -0.15) is 0 Å². The van der Waals surface area contributed by atoms with Crippen LogP contribution >= 0.6 is 50.5 Å². The maximum absolute atomic E-state index is 5.93. The summed E-state index contributed by atoms with van der Waals surface area (Å²) >= 11 is 17.0. The van der Waals surface area contributed by atoms with Crippen molar-refractivity contribution in [2.45, 2.75) is 5.33 Å². The van der Waals surface area contributed by atoms with Crippen molar-refractivity contribution in [1.82, 2.24) is 0 Å². The zero-order valence-electron chi connectivity index (χ0n) is 6.48. The number of thiophene rings is 1. The highest BCUT2D eigenvalue weighted by atomic mass is 79.9. The Kier molecular flexibility index (Phi) is 2.84. The molecule has 0 aliphatic rings. The monoisotopic (exact) mass is 294 g/mol. The predicted octanol–water partition coefficient (Wildman–Crippen LogP) is 5.10. The summed E-state index contributed by atoms with van der Waals surface area (Å²) in [6, 6.07) is 3.84. The molecule has 13 heavy (non-hydrogen) atoms. The minimum absolute atomic E-state index is 0.620. The van der Waals surface area contributed by atoms with Crippen LogP contribution in [0.25, 0.3) is 10.1 Å². The summed E-state index contributed by atoms with van der Waals surface area (Å²) in [7, 11) is 0. The molecular formula is C9H5BrCl2S. The van der Waals surface area contributed by atoms with E-state index in [4.69, 9.17) is 23.2 Å². The number of hydrogen-bond acceptors (Lipinski definition) is 1. The molecule has 0 radical (unpaired) electrons. The van der Waals surface area contributed by atoms with Crippen molar-refractivity contribution in [1.29, 1.82) is 0 Å². The molecule has 1 aromatic heterocycles. The molecule has 0 unspecified atom stereocenters. The number of halogens is 3. The van der Waals surface area contributed by atoms with Gasteiger partial charge in [0, 0.05) is 10.0 Å². The van der Waals surface area contributed by atoms with E-state index in [1.54, 1.807) is 11.3 Å². The van der Waals surface area contributed by atoms with Gasteiger partial charge in [-0.05, 0) is 28.5 Å². The fraction of sp³-hybridized carbons (Fsp3) is 0.111. The maximum atomic E-state index is 5.93. The Morgan fingerprint density at radius 2 is 1.92 bits per heavy atom. The molecule has 0 bridgehead atoms. The van der Waals surface area contributed by atoms with Crippen LogP contribution in [0.2, 0.25) is 10.0 Å². The van der Waals surface area contributed by atoms with Gasteiger partial charge in [-0.25, -0.2) is 0 Å². The molecule has 0 aliphatic carbocycles. The second-order valence-electron chi connectivity index (χ2n) is 2.66. The highest BCUT2D eigenvalue weighted by Gasteiger charge is 2.06. The van der Waals surface area contributed by atoms with Gasteiger partial charge in [-0.1, -0.05) is 39.1 Å². The molecule has 2 aromatic rings. The average Bonchev–Trinajstić information content (AvgIpc) is 2.48. The highest BCUT2D eigenvalue weighted by Crippen LogP contribution is 2.34. The lowest BCUT2D eigenvalue weighted by Gasteiger charge is -1.97. The first-order valence-corrected chi connectivity index (χ1v) is 6.39. The van der Waals surface area contributed by atoms with Crippen molar-refractivity contribution in [2.75, 3.05) is 0 Å². The van der Waals surface area contributed by atoms with Crippen LogP contribution in [0.5, 0.6) is 0 Å². The highest BCUT2D eigenvalue weighted by molar-refractivity contribution is 9.08. The first kappa shape index (κ1) is 9.78. The largest absolute Gasteiger partial charge is 0.143 e. The summed E-state index contributed by atoms with van der Waals surface area (Å²) in [5.74, 6) is 0. The Labute approximate surface area is 98.6 Å². The minimum Gasteiger partial charge on any atom is -0.143 e. The molecule has 1 aromatic carbocycles. The van der Waals surface area contributed by atoms with Crippen LogP contribution in [-0.4, -0.2) is 0 Å². The molecule has 0 fully saturated rings. The van der Waals surface area contributed by atoms with Crippen LogP contribution in [0.4, 0.5) is 0 Å². The third-order valence-electron chi connectivity index (χ3n) is 1.84. The van der Waals surface area contributed by atoms with Crippen LogP contribution in [0.1, 0.15) is 5.56 Å². The fourth-order valence-corrected chi connectivity index (χ4v) is 3.23. The first-order chi connectivity index (χ1) is 6.22. The summed E-state index contributed by atoms with van der Waals surface area (Å²) in [6.07, 6.45) is 0. The summed E-state index contributed by atoms with van der Waals surface area (Å²) in [4.78, 5) is 0. The standard InChI is InChI=1S/C9H5BrCl2S/c10-3-5-4-13-9-2-8(12)7(11)1-6(5)9/h1-2,4H,3H2. The van der Waals surface area contributed by atoms with E-state index in [9.17, 15) is 0 Å². The van der Waals surface area contributed by atoms with E-state index >= 15 is 0 Å². The number of benzene rings is 1. The Morgan fingerprint density at radius 1 is 1.23 bits per heavy atom. The van der Waals surface area contributed by atoms with E-state index in [0.29, 0.717) is 10.0 Å². The van der Waals surface area contributed by atoms with E-state index in [2.05, 4.69) is 21.3 Å². The Morgan fingerprint density at radius 3 is 2.62 bits per heavy atom. The second kappa shape index (κ2) is 3.77. The quantitative estimate of drug-likeness (QED) is 0.642. The fourth-order valence-electron chi connectivity index (χ4n) is 1.18. The van der Waals surface area contributed by atoms with Crippen molar-refractivity contribution in [3.63, 3.8) is 0 Å². The van der Waals surface area contributed by atoms with Crippen LogP contribution in [-0.2, 0) is 5.33 Å². The van der Waals surface area contributed by atoms with Crippen LogP contribution in [0.3, 0.4) is 0 Å². The number of alkyl halides is 1. The van der Waals surface area contributed by atoms with E-state index in [1.807, 2.05) is 12.1 Å². The minimum atomic E-state index is 0.620. The van der Waals surface area contributed by atoms with Crippen molar-refractivity contribution >= 4 is 60.6 Å². The Hall–Kier alpha value is 0.240. The van der Waals surface area contributed by atoms with Gasteiger partial charge in [-0.3, -0.25) is 0 Å². The van der Waals surface area contributed by atoms with E-state index in [-0.39, 0.29) is 0 Å². The zero-order valence-corrected chi connectivity index (χ0v) is 10.4. The van der Waals surface area contributed by atoms with Gasteiger partial charge in [0.15, 0.2) is 0 Å². The lowest BCUT2D eigenvalue weighted by atomic mass is 10.2. The molecule has 1 heterocycles. The normalized spacial score (nSPS) is 11.0. The summed E-state index contributed by atoms with van der Waals surface area (Å²) in [6.45, 7) is 0. The Bertz CT molecular complexity index is 450. The van der Waals surface area contributed by atoms with Crippen LogP contribution in [0.15, 0.2) is 17.5 Å². The third-order valence-corrected chi connectivity index (χ3v) is 4.16. The molecule has 0 amide bonds. The maximum Gasteiger partial charge on any atom is 0.0606 e. The second-order valence-corrected chi connectivity index (χ2v) is 4.94. The molecule has 0 aliphatic heterocycles. The van der Waals surface area contributed by atoms with Gasteiger partial charge in [-0.15, -0.1) is 11.3 Å². The molecule has 68 valence electrons. The van der Waals surface area contributed by atoms with Crippen LogP contribution < -0.4 is 0 Å².